The smallest absolute Gasteiger partial charge is 0.298 e. The molecule has 0 amide bonds. The van der Waals surface area contributed by atoms with Crippen LogP contribution in [0.5, 0.6) is 0 Å². The fourth-order valence-corrected chi connectivity index (χ4v) is 2.95. The highest BCUT2D eigenvalue weighted by molar-refractivity contribution is 9.10. The predicted molar refractivity (Wildman–Crippen MR) is 68.4 cm³/mol. The second-order valence-corrected chi connectivity index (χ2v) is 6.14. The van der Waals surface area contributed by atoms with Crippen LogP contribution in [0.15, 0.2) is 27.6 Å². The summed E-state index contributed by atoms with van der Waals surface area (Å²) < 4.78 is 37.6. The predicted octanol–water partition coefficient (Wildman–Crippen LogP) is 5.09. The molecule has 0 saturated heterocycles. The molecule has 0 spiro atoms. The highest BCUT2D eigenvalue weighted by Crippen LogP contribution is 2.42. The normalized spacial score (nSPS) is 13.5. The van der Waals surface area contributed by atoms with Crippen molar-refractivity contribution in [3.05, 3.63) is 28.2 Å². The lowest BCUT2D eigenvalue weighted by molar-refractivity contribution is -0.116. The lowest BCUT2D eigenvalue weighted by atomic mass is 10.1. The van der Waals surface area contributed by atoms with Crippen molar-refractivity contribution in [3.63, 3.8) is 0 Å². The first kappa shape index (κ1) is 15.0. The maximum absolute atomic E-state index is 12.4. The standard InChI is InChI=1S/C10H7Br2F3OS/c1-5(16)9(12)7-3-2-6(11)4-8(7)17-10(13,14)15/h2-4,9H,1H3. The van der Waals surface area contributed by atoms with Gasteiger partial charge in [0.25, 0.3) is 0 Å². The van der Waals surface area contributed by atoms with Crippen LogP contribution in [0.25, 0.3) is 0 Å². The van der Waals surface area contributed by atoms with Gasteiger partial charge in [-0.15, -0.1) is 0 Å². The van der Waals surface area contributed by atoms with Crippen molar-refractivity contribution < 1.29 is 18.0 Å². The van der Waals surface area contributed by atoms with Crippen LogP contribution in [0.4, 0.5) is 13.2 Å². The fraction of sp³-hybridized carbons (Fsp3) is 0.300. The zero-order valence-electron chi connectivity index (χ0n) is 8.52. The molecule has 0 aliphatic rings. The molecule has 0 bridgehead atoms. The number of halogens is 5. The molecule has 1 nitrogen and oxygen atoms in total. The van der Waals surface area contributed by atoms with E-state index >= 15 is 0 Å². The first-order chi connectivity index (χ1) is 7.70. The summed E-state index contributed by atoms with van der Waals surface area (Å²) in [5.74, 6) is -0.239. The van der Waals surface area contributed by atoms with Crippen molar-refractivity contribution in [3.8, 4) is 0 Å². The van der Waals surface area contributed by atoms with E-state index in [0.717, 1.165) is 0 Å². The number of benzene rings is 1. The van der Waals surface area contributed by atoms with E-state index in [0.29, 0.717) is 10.0 Å². The SMILES string of the molecule is CC(=O)C(Br)c1ccc(Br)cc1SC(F)(F)F. The number of hydrogen-bond donors (Lipinski definition) is 0. The number of hydrogen-bond acceptors (Lipinski definition) is 2. The highest BCUT2D eigenvalue weighted by Gasteiger charge is 2.31. The topological polar surface area (TPSA) is 17.1 Å². The van der Waals surface area contributed by atoms with Crippen LogP contribution in [0.2, 0.25) is 0 Å². The Morgan fingerprint density at radius 1 is 1.41 bits per heavy atom. The van der Waals surface area contributed by atoms with E-state index in [1.807, 2.05) is 0 Å². The number of ketones is 1. The third kappa shape index (κ3) is 4.63. The Bertz CT molecular complexity index is 434. The average molecular weight is 392 g/mol. The van der Waals surface area contributed by atoms with Crippen LogP contribution >= 0.6 is 43.6 Å². The summed E-state index contributed by atoms with van der Waals surface area (Å²) >= 11 is 5.97. The van der Waals surface area contributed by atoms with Crippen LogP contribution in [0, 0.1) is 0 Å². The van der Waals surface area contributed by atoms with E-state index < -0.39 is 10.3 Å². The molecule has 0 aliphatic carbocycles. The minimum atomic E-state index is -4.38. The summed E-state index contributed by atoms with van der Waals surface area (Å²) in [6.45, 7) is 1.32. The van der Waals surface area contributed by atoms with Gasteiger partial charge < -0.3 is 0 Å². The molecular weight excluding hydrogens is 385 g/mol. The van der Waals surface area contributed by atoms with Gasteiger partial charge in [0.15, 0.2) is 0 Å². The van der Waals surface area contributed by atoms with Gasteiger partial charge in [-0.25, -0.2) is 0 Å². The summed E-state index contributed by atoms with van der Waals surface area (Å²) in [6, 6.07) is 4.45. The van der Waals surface area contributed by atoms with Gasteiger partial charge in [-0.1, -0.05) is 37.9 Å². The molecule has 0 fully saturated rings. The van der Waals surface area contributed by atoms with E-state index in [9.17, 15) is 18.0 Å². The van der Waals surface area contributed by atoms with E-state index in [4.69, 9.17) is 0 Å². The van der Waals surface area contributed by atoms with Crippen LogP contribution in [0.1, 0.15) is 17.3 Å². The molecule has 1 aromatic carbocycles. The lowest BCUT2D eigenvalue weighted by Gasteiger charge is -2.14. The molecule has 0 saturated carbocycles. The summed E-state index contributed by atoms with van der Waals surface area (Å²) in [7, 11) is 0. The van der Waals surface area contributed by atoms with Gasteiger partial charge in [-0.2, -0.15) is 13.2 Å². The van der Waals surface area contributed by atoms with Gasteiger partial charge in [0, 0.05) is 9.37 Å². The second kappa shape index (κ2) is 5.75. The van der Waals surface area contributed by atoms with Gasteiger partial charge in [-0.3, -0.25) is 4.79 Å². The maximum Gasteiger partial charge on any atom is 0.446 e. The first-order valence-electron chi connectivity index (χ1n) is 4.40. The van der Waals surface area contributed by atoms with Crippen molar-refractivity contribution in [2.45, 2.75) is 22.2 Å². The van der Waals surface area contributed by atoms with Crippen LogP contribution in [-0.2, 0) is 4.79 Å². The van der Waals surface area contributed by atoms with Crippen molar-refractivity contribution in [2.24, 2.45) is 0 Å². The van der Waals surface area contributed by atoms with Crippen LogP contribution in [-0.4, -0.2) is 11.3 Å². The minimum absolute atomic E-state index is 0.0175. The Balaban J connectivity index is 3.17. The van der Waals surface area contributed by atoms with E-state index in [1.165, 1.54) is 19.1 Å². The Labute approximate surface area is 117 Å². The number of carbonyl (C=O) groups excluding carboxylic acids is 1. The van der Waals surface area contributed by atoms with Crippen molar-refractivity contribution >= 4 is 49.4 Å². The van der Waals surface area contributed by atoms with Gasteiger partial charge >= 0.3 is 5.51 Å². The number of thioether (sulfide) groups is 1. The molecular formula is C10H7Br2F3OS. The van der Waals surface area contributed by atoms with Gasteiger partial charge in [0.05, 0.1) is 4.83 Å². The zero-order chi connectivity index (χ0) is 13.2. The van der Waals surface area contributed by atoms with Gasteiger partial charge in [-0.05, 0) is 36.4 Å². The Kier molecular flexibility index (Phi) is 5.09. The van der Waals surface area contributed by atoms with E-state index in [2.05, 4.69) is 31.9 Å². The number of rotatable bonds is 3. The Hall–Kier alpha value is -0.0100. The zero-order valence-corrected chi connectivity index (χ0v) is 12.5. The monoisotopic (exact) mass is 390 g/mol. The quantitative estimate of drug-likeness (QED) is 0.527. The summed E-state index contributed by atoms with van der Waals surface area (Å²) in [4.78, 5) is 10.5. The van der Waals surface area contributed by atoms with Crippen molar-refractivity contribution in [2.75, 3.05) is 0 Å². The van der Waals surface area contributed by atoms with Crippen LogP contribution < -0.4 is 0 Å². The molecule has 0 aliphatic heterocycles. The molecule has 0 N–H and O–H groups in total. The summed E-state index contributed by atoms with van der Waals surface area (Å²) in [5, 5.41) is 0. The third-order valence-corrected chi connectivity index (χ3v) is 4.27. The van der Waals surface area contributed by atoms with Gasteiger partial charge in [0.1, 0.15) is 5.78 Å². The Morgan fingerprint density at radius 3 is 2.47 bits per heavy atom. The second-order valence-electron chi connectivity index (χ2n) is 3.20. The molecule has 7 heteroatoms. The van der Waals surface area contributed by atoms with Crippen molar-refractivity contribution in [1.29, 1.82) is 0 Å². The van der Waals surface area contributed by atoms with E-state index in [1.54, 1.807) is 6.07 Å². The van der Waals surface area contributed by atoms with Crippen molar-refractivity contribution in [1.82, 2.24) is 0 Å². The van der Waals surface area contributed by atoms with E-state index in [-0.39, 0.29) is 22.4 Å². The molecule has 1 aromatic rings. The first-order valence-corrected chi connectivity index (χ1v) is 6.93. The molecule has 17 heavy (non-hydrogen) atoms. The number of Topliss-reactive ketones (excluding diaryl/α,β-unsaturated/α-hetero) is 1. The lowest BCUT2D eigenvalue weighted by Crippen LogP contribution is -2.06. The third-order valence-electron chi connectivity index (χ3n) is 1.83. The molecule has 1 atom stereocenters. The Morgan fingerprint density at radius 2 is 2.00 bits per heavy atom. The highest BCUT2D eigenvalue weighted by atomic mass is 79.9. The molecule has 0 radical (unpaired) electrons. The maximum atomic E-state index is 12.4. The summed E-state index contributed by atoms with van der Waals surface area (Å²) in [5.41, 5.74) is -4.05. The molecule has 0 aromatic heterocycles. The minimum Gasteiger partial charge on any atom is -0.298 e. The molecule has 1 unspecified atom stereocenters. The fourth-order valence-electron chi connectivity index (χ4n) is 1.15. The van der Waals surface area contributed by atoms with Crippen LogP contribution in [0.3, 0.4) is 0 Å². The average Bonchev–Trinajstić information content (AvgIpc) is 2.14. The van der Waals surface area contributed by atoms with Gasteiger partial charge in [0.2, 0.25) is 0 Å². The molecule has 94 valence electrons. The number of alkyl halides is 4. The molecule has 0 heterocycles. The largest absolute Gasteiger partial charge is 0.446 e. The number of carbonyl (C=O) groups is 1. The molecule has 1 rings (SSSR count). The summed E-state index contributed by atoms with van der Waals surface area (Å²) in [6.07, 6.45) is 0.